The van der Waals surface area contributed by atoms with Crippen LogP contribution in [0.25, 0.3) is 0 Å². The lowest BCUT2D eigenvalue weighted by atomic mass is 10.1. The largest absolute Gasteiger partial charge is 0.381 e. The highest BCUT2D eigenvalue weighted by Gasteiger charge is 2.22. The minimum Gasteiger partial charge on any atom is -0.381 e. The summed E-state index contributed by atoms with van der Waals surface area (Å²) < 4.78 is 11.7. The van der Waals surface area contributed by atoms with Gasteiger partial charge >= 0.3 is 0 Å². The summed E-state index contributed by atoms with van der Waals surface area (Å²) in [6.45, 7) is 5.59. The standard InChI is InChI=1S/C13H21Cl2NO2/c14-13(15)3-7-16-5-1-12(2-6-16)18-10-11-4-8-17-9-11/h3,11-12H,1-2,4-10H2. The van der Waals surface area contributed by atoms with Gasteiger partial charge in [0.2, 0.25) is 0 Å². The van der Waals surface area contributed by atoms with Crippen LogP contribution in [-0.4, -0.2) is 50.5 Å². The Hall–Kier alpha value is 0.200. The lowest BCUT2D eigenvalue weighted by Crippen LogP contribution is -2.37. The van der Waals surface area contributed by atoms with Crippen molar-refractivity contribution in [3.05, 3.63) is 10.6 Å². The van der Waals surface area contributed by atoms with Gasteiger partial charge in [-0.3, -0.25) is 4.90 Å². The minimum absolute atomic E-state index is 0.356. The Bertz CT molecular complexity index is 268. The maximum Gasteiger partial charge on any atom is 0.104 e. The second kappa shape index (κ2) is 7.71. The van der Waals surface area contributed by atoms with Crippen LogP contribution in [0, 0.1) is 5.92 Å². The molecule has 0 aromatic carbocycles. The monoisotopic (exact) mass is 293 g/mol. The summed E-state index contributed by atoms with van der Waals surface area (Å²) >= 11 is 11.2. The first-order valence-corrected chi connectivity index (χ1v) is 7.42. The van der Waals surface area contributed by atoms with Crippen LogP contribution in [-0.2, 0) is 9.47 Å². The fourth-order valence-corrected chi connectivity index (χ4v) is 2.58. The molecule has 2 aliphatic rings. The van der Waals surface area contributed by atoms with Gasteiger partial charge in [-0.1, -0.05) is 23.2 Å². The fourth-order valence-electron chi connectivity index (χ4n) is 2.44. The maximum atomic E-state index is 5.97. The molecular weight excluding hydrogens is 273 g/mol. The number of hydrogen-bond donors (Lipinski definition) is 0. The van der Waals surface area contributed by atoms with Crippen LogP contribution in [0.5, 0.6) is 0 Å². The molecule has 0 aliphatic carbocycles. The van der Waals surface area contributed by atoms with E-state index >= 15 is 0 Å². The molecule has 0 aromatic heterocycles. The Morgan fingerprint density at radius 3 is 2.67 bits per heavy atom. The number of ether oxygens (including phenoxy) is 2. The molecule has 0 radical (unpaired) electrons. The van der Waals surface area contributed by atoms with Crippen molar-refractivity contribution >= 4 is 23.2 Å². The third-order valence-electron chi connectivity index (χ3n) is 3.63. The van der Waals surface area contributed by atoms with Crippen molar-refractivity contribution in [3.8, 4) is 0 Å². The molecule has 0 saturated carbocycles. The molecule has 1 unspecified atom stereocenters. The normalized spacial score (nSPS) is 26.4. The molecule has 0 amide bonds. The number of likely N-dealkylation sites (tertiary alicyclic amines) is 1. The predicted octanol–water partition coefficient (Wildman–Crippen LogP) is 2.82. The average molecular weight is 294 g/mol. The first-order valence-electron chi connectivity index (χ1n) is 6.67. The lowest BCUT2D eigenvalue weighted by Gasteiger charge is -2.31. The highest BCUT2D eigenvalue weighted by atomic mass is 35.5. The number of piperidine rings is 1. The first kappa shape index (κ1) is 14.6. The molecule has 5 heteroatoms. The first-order chi connectivity index (χ1) is 8.74. The molecule has 1 atom stereocenters. The third-order valence-corrected chi connectivity index (χ3v) is 3.94. The van der Waals surface area contributed by atoms with E-state index in [-0.39, 0.29) is 0 Å². The maximum absolute atomic E-state index is 5.97. The van der Waals surface area contributed by atoms with Gasteiger partial charge in [-0.05, 0) is 25.3 Å². The summed E-state index contributed by atoms with van der Waals surface area (Å²) in [7, 11) is 0. The Morgan fingerprint density at radius 1 is 1.28 bits per heavy atom. The van der Waals surface area contributed by atoms with Gasteiger partial charge in [0.15, 0.2) is 0 Å². The van der Waals surface area contributed by atoms with Crippen LogP contribution < -0.4 is 0 Å². The van der Waals surface area contributed by atoms with E-state index in [1.165, 1.54) is 0 Å². The summed E-state index contributed by atoms with van der Waals surface area (Å²) in [5.74, 6) is 0.612. The Labute approximate surface area is 119 Å². The molecule has 2 heterocycles. The van der Waals surface area contributed by atoms with Crippen molar-refractivity contribution in [1.82, 2.24) is 4.90 Å². The zero-order valence-corrected chi connectivity index (χ0v) is 12.1. The molecule has 18 heavy (non-hydrogen) atoms. The number of halogens is 2. The van der Waals surface area contributed by atoms with Gasteiger partial charge in [0, 0.05) is 32.2 Å². The molecule has 2 fully saturated rings. The summed E-state index contributed by atoms with van der Waals surface area (Å²) in [5, 5.41) is 0. The van der Waals surface area contributed by atoms with E-state index in [0.717, 1.165) is 58.7 Å². The van der Waals surface area contributed by atoms with Crippen molar-refractivity contribution in [2.45, 2.75) is 25.4 Å². The second-order valence-corrected chi connectivity index (χ2v) is 6.06. The molecule has 3 nitrogen and oxygen atoms in total. The summed E-state index contributed by atoms with van der Waals surface area (Å²) in [5.41, 5.74) is 0. The van der Waals surface area contributed by atoms with Gasteiger partial charge in [-0.2, -0.15) is 0 Å². The topological polar surface area (TPSA) is 21.7 Å². The summed E-state index contributed by atoms with van der Waals surface area (Å²) in [6.07, 6.45) is 5.61. The van der Waals surface area contributed by atoms with E-state index in [1.807, 2.05) is 6.08 Å². The molecule has 0 bridgehead atoms. The van der Waals surface area contributed by atoms with Gasteiger partial charge in [0.25, 0.3) is 0 Å². The number of hydrogen-bond acceptors (Lipinski definition) is 3. The van der Waals surface area contributed by atoms with Crippen molar-refractivity contribution < 1.29 is 9.47 Å². The second-order valence-electron chi connectivity index (χ2n) is 5.06. The molecule has 104 valence electrons. The molecule has 2 rings (SSSR count). The zero-order chi connectivity index (χ0) is 12.8. The van der Waals surface area contributed by atoms with Gasteiger partial charge < -0.3 is 9.47 Å². The fraction of sp³-hybridized carbons (Fsp3) is 0.846. The van der Waals surface area contributed by atoms with Crippen molar-refractivity contribution in [3.63, 3.8) is 0 Å². The predicted molar refractivity (Wildman–Crippen MR) is 74.1 cm³/mol. The van der Waals surface area contributed by atoms with Gasteiger partial charge in [0.05, 0.1) is 19.3 Å². The van der Waals surface area contributed by atoms with Crippen molar-refractivity contribution in [2.75, 3.05) is 39.5 Å². The third kappa shape index (κ3) is 5.06. The molecular formula is C13H21Cl2NO2. The zero-order valence-electron chi connectivity index (χ0n) is 10.6. The quantitative estimate of drug-likeness (QED) is 0.778. The van der Waals surface area contributed by atoms with Crippen LogP contribution in [0.3, 0.4) is 0 Å². The minimum atomic E-state index is 0.356. The highest BCUT2D eigenvalue weighted by Crippen LogP contribution is 2.18. The van der Waals surface area contributed by atoms with Crippen LogP contribution in [0.4, 0.5) is 0 Å². The molecule has 0 N–H and O–H groups in total. The highest BCUT2D eigenvalue weighted by molar-refractivity contribution is 6.55. The van der Waals surface area contributed by atoms with Gasteiger partial charge in [-0.15, -0.1) is 0 Å². The molecule has 2 saturated heterocycles. The Morgan fingerprint density at radius 2 is 2.06 bits per heavy atom. The molecule has 2 aliphatic heterocycles. The van der Waals surface area contributed by atoms with Crippen molar-refractivity contribution in [1.29, 1.82) is 0 Å². The van der Waals surface area contributed by atoms with Crippen LogP contribution >= 0.6 is 23.2 Å². The van der Waals surface area contributed by atoms with Gasteiger partial charge in [-0.25, -0.2) is 0 Å². The van der Waals surface area contributed by atoms with Crippen LogP contribution in [0.1, 0.15) is 19.3 Å². The van der Waals surface area contributed by atoms with Crippen molar-refractivity contribution in [2.24, 2.45) is 5.92 Å². The van der Waals surface area contributed by atoms with E-state index < -0.39 is 0 Å². The molecule has 0 spiro atoms. The number of nitrogens with zero attached hydrogens (tertiary/aromatic N) is 1. The Kier molecular flexibility index (Phi) is 6.25. The van der Waals surface area contributed by atoms with E-state index in [4.69, 9.17) is 32.7 Å². The summed E-state index contributed by atoms with van der Waals surface area (Å²) in [6, 6.07) is 0. The average Bonchev–Trinajstić information content (AvgIpc) is 2.88. The summed E-state index contributed by atoms with van der Waals surface area (Å²) in [4.78, 5) is 2.35. The van der Waals surface area contributed by atoms with E-state index in [0.29, 0.717) is 16.5 Å². The smallest absolute Gasteiger partial charge is 0.104 e. The number of rotatable bonds is 5. The van der Waals surface area contributed by atoms with Gasteiger partial charge in [0.1, 0.15) is 4.49 Å². The van der Waals surface area contributed by atoms with Crippen LogP contribution in [0.15, 0.2) is 10.6 Å². The SMILES string of the molecule is ClC(Cl)=CCN1CCC(OCC2CCOC2)CC1. The Balaban J connectivity index is 1.59. The lowest BCUT2D eigenvalue weighted by molar-refractivity contribution is -0.00857. The van der Waals surface area contributed by atoms with E-state index in [1.54, 1.807) is 0 Å². The van der Waals surface area contributed by atoms with E-state index in [9.17, 15) is 0 Å². The molecule has 0 aromatic rings. The van der Waals surface area contributed by atoms with E-state index in [2.05, 4.69) is 4.90 Å². The van der Waals surface area contributed by atoms with Crippen LogP contribution in [0.2, 0.25) is 0 Å².